The van der Waals surface area contributed by atoms with Crippen molar-refractivity contribution in [2.45, 2.75) is 0 Å². The van der Waals surface area contributed by atoms with E-state index in [9.17, 15) is 5.26 Å². The van der Waals surface area contributed by atoms with Gasteiger partial charge in [-0.25, -0.2) is 9.97 Å². The second-order valence-corrected chi connectivity index (χ2v) is 12.5. The average Bonchev–Trinajstić information content (AvgIpc) is 3.73. The molecule has 0 aliphatic carbocycles. The van der Waals surface area contributed by atoms with Gasteiger partial charge >= 0.3 is 0 Å². The first-order chi connectivity index (χ1) is 24.7. The number of furan rings is 1. The lowest BCUT2D eigenvalue weighted by molar-refractivity contribution is 0.671. The van der Waals surface area contributed by atoms with E-state index in [1.54, 1.807) is 0 Å². The van der Waals surface area contributed by atoms with Crippen LogP contribution in [0.4, 0.5) is 0 Å². The average molecular weight is 639 g/mol. The number of nitriles is 1. The Kier molecular flexibility index (Phi) is 6.17. The minimum absolute atomic E-state index is 0.436. The third-order valence-corrected chi connectivity index (χ3v) is 9.64. The number of rotatable bonds is 4. The molecular formula is C45H26N4O. The van der Waals surface area contributed by atoms with Gasteiger partial charge < -0.3 is 8.98 Å². The summed E-state index contributed by atoms with van der Waals surface area (Å²) in [6.45, 7) is 0. The van der Waals surface area contributed by atoms with Gasteiger partial charge in [0.2, 0.25) is 0 Å². The summed E-state index contributed by atoms with van der Waals surface area (Å²) in [6, 6.07) is 56.2. The zero-order chi connectivity index (χ0) is 33.2. The summed E-state index contributed by atoms with van der Waals surface area (Å²) in [6.07, 6.45) is 0. The maximum absolute atomic E-state index is 10.8. The maximum Gasteiger partial charge on any atom is 0.160 e. The van der Waals surface area contributed by atoms with Crippen LogP contribution in [-0.2, 0) is 0 Å². The van der Waals surface area contributed by atoms with E-state index in [0.29, 0.717) is 22.8 Å². The molecule has 0 amide bonds. The van der Waals surface area contributed by atoms with Crippen molar-refractivity contribution in [3.63, 3.8) is 0 Å². The van der Waals surface area contributed by atoms with E-state index >= 15 is 0 Å². The lowest BCUT2D eigenvalue weighted by atomic mass is 9.97. The SMILES string of the molecule is N#Cc1c(-c2ccc3ccccc3c2)nc(-c2ccccc2)nc1-c1ccc2c(c1)c1ccc3c4ccccc4oc3c1n2-c1ccccc1. The first-order valence-electron chi connectivity index (χ1n) is 16.6. The highest BCUT2D eigenvalue weighted by Crippen LogP contribution is 2.42. The number of fused-ring (bicyclic) bond motifs is 8. The molecule has 7 aromatic carbocycles. The van der Waals surface area contributed by atoms with E-state index in [-0.39, 0.29) is 0 Å². The molecule has 5 nitrogen and oxygen atoms in total. The Balaban J connectivity index is 1.27. The highest BCUT2D eigenvalue weighted by Gasteiger charge is 2.22. The number of nitrogens with zero attached hydrogens (tertiary/aromatic N) is 4. The lowest BCUT2D eigenvalue weighted by Crippen LogP contribution is -2.01. The molecular weight excluding hydrogens is 613 g/mol. The molecule has 3 aromatic heterocycles. The van der Waals surface area contributed by atoms with Gasteiger partial charge in [0, 0.05) is 43.9 Å². The molecule has 10 rings (SSSR count). The molecule has 0 aliphatic rings. The predicted molar refractivity (Wildman–Crippen MR) is 202 cm³/mol. The summed E-state index contributed by atoms with van der Waals surface area (Å²) in [5.41, 5.74) is 9.01. The van der Waals surface area contributed by atoms with Gasteiger partial charge in [0.15, 0.2) is 11.4 Å². The van der Waals surface area contributed by atoms with Gasteiger partial charge in [-0.3, -0.25) is 0 Å². The Bertz CT molecular complexity index is 2990. The van der Waals surface area contributed by atoms with Crippen LogP contribution in [0.5, 0.6) is 0 Å². The minimum Gasteiger partial charge on any atom is -0.454 e. The van der Waals surface area contributed by atoms with Crippen LogP contribution >= 0.6 is 0 Å². The first-order valence-corrected chi connectivity index (χ1v) is 16.6. The fourth-order valence-electron chi connectivity index (χ4n) is 7.31. The molecule has 0 fully saturated rings. The van der Waals surface area contributed by atoms with Crippen molar-refractivity contribution in [1.82, 2.24) is 14.5 Å². The summed E-state index contributed by atoms with van der Waals surface area (Å²) >= 11 is 0. The van der Waals surface area contributed by atoms with E-state index in [0.717, 1.165) is 76.9 Å². The Morgan fingerprint density at radius 1 is 0.520 bits per heavy atom. The molecule has 10 aromatic rings. The number of para-hydroxylation sites is 2. The summed E-state index contributed by atoms with van der Waals surface area (Å²) in [5.74, 6) is 0.568. The maximum atomic E-state index is 10.8. The fraction of sp³-hybridized carbons (Fsp3) is 0. The highest BCUT2D eigenvalue weighted by atomic mass is 16.3. The van der Waals surface area contributed by atoms with Crippen LogP contribution in [-0.4, -0.2) is 14.5 Å². The largest absolute Gasteiger partial charge is 0.454 e. The normalized spacial score (nSPS) is 11.6. The number of hydrogen-bond acceptors (Lipinski definition) is 4. The number of aromatic nitrogens is 3. The minimum atomic E-state index is 0.436. The van der Waals surface area contributed by atoms with Crippen molar-refractivity contribution >= 4 is 54.5 Å². The molecule has 0 atom stereocenters. The van der Waals surface area contributed by atoms with Crippen LogP contribution in [0, 0.1) is 11.3 Å². The van der Waals surface area contributed by atoms with E-state index < -0.39 is 0 Å². The third-order valence-electron chi connectivity index (χ3n) is 9.64. The molecule has 0 radical (unpaired) electrons. The summed E-state index contributed by atoms with van der Waals surface area (Å²) in [5, 5.41) is 17.3. The smallest absolute Gasteiger partial charge is 0.160 e. The molecule has 0 saturated heterocycles. The van der Waals surface area contributed by atoms with Crippen LogP contribution in [0.25, 0.3) is 94.1 Å². The van der Waals surface area contributed by atoms with E-state index in [2.05, 4.69) is 95.6 Å². The van der Waals surface area contributed by atoms with E-state index in [1.165, 1.54) is 0 Å². The van der Waals surface area contributed by atoms with Crippen molar-refractivity contribution in [2.75, 3.05) is 0 Å². The molecule has 0 unspecified atom stereocenters. The van der Waals surface area contributed by atoms with Crippen molar-refractivity contribution < 1.29 is 4.42 Å². The van der Waals surface area contributed by atoms with Crippen molar-refractivity contribution in [2.24, 2.45) is 0 Å². The summed E-state index contributed by atoms with van der Waals surface area (Å²) in [4.78, 5) is 10.1. The summed E-state index contributed by atoms with van der Waals surface area (Å²) < 4.78 is 8.86. The molecule has 0 saturated carbocycles. The predicted octanol–water partition coefficient (Wildman–Crippen LogP) is 11.5. The van der Waals surface area contributed by atoms with Crippen LogP contribution in [0.15, 0.2) is 162 Å². The molecule has 0 N–H and O–H groups in total. The standard InChI is InChI=1S/C45H26N4O/c46-27-38-41(31-20-19-28-11-7-8-14-30(28)25-31)47-45(29-12-3-1-4-13-29)48-42(38)32-21-24-39-37(26-32)35-22-23-36-34-17-9-10-18-40(34)50-44(36)43(35)49(39)33-15-5-2-6-16-33/h1-26H. The van der Waals surface area contributed by atoms with Crippen LogP contribution in [0.3, 0.4) is 0 Å². The Hall–Kier alpha value is -7.03. The zero-order valence-electron chi connectivity index (χ0n) is 26.7. The molecule has 0 aliphatic heterocycles. The summed E-state index contributed by atoms with van der Waals surface area (Å²) in [7, 11) is 0. The van der Waals surface area contributed by atoms with E-state index in [4.69, 9.17) is 14.4 Å². The van der Waals surface area contributed by atoms with Gasteiger partial charge in [0.25, 0.3) is 0 Å². The van der Waals surface area contributed by atoms with Crippen molar-refractivity contribution in [1.29, 1.82) is 5.26 Å². The monoisotopic (exact) mass is 638 g/mol. The molecule has 0 spiro atoms. The van der Waals surface area contributed by atoms with Gasteiger partial charge in [0.05, 0.1) is 22.4 Å². The Labute approximate surface area is 286 Å². The second-order valence-electron chi connectivity index (χ2n) is 12.5. The second kappa shape index (κ2) is 11.0. The van der Waals surface area contributed by atoms with Crippen LogP contribution in [0.1, 0.15) is 5.56 Å². The topological polar surface area (TPSA) is 67.6 Å². The lowest BCUT2D eigenvalue weighted by Gasteiger charge is -2.13. The zero-order valence-corrected chi connectivity index (χ0v) is 26.7. The molecule has 50 heavy (non-hydrogen) atoms. The Morgan fingerprint density at radius 3 is 1.98 bits per heavy atom. The van der Waals surface area contributed by atoms with E-state index in [1.807, 2.05) is 72.8 Å². The van der Waals surface area contributed by atoms with Gasteiger partial charge in [-0.05, 0) is 53.2 Å². The molecule has 232 valence electrons. The van der Waals surface area contributed by atoms with Gasteiger partial charge in [0.1, 0.15) is 17.2 Å². The number of hydrogen-bond donors (Lipinski definition) is 0. The van der Waals surface area contributed by atoms with Crippen molar-refractivity contribution in [3.8, 4) is 45.7 Å². The van der Waals surface area contributed by atoms with Gasteiger partial charge in [-0.2, -0.15) is 5.26 Å². The molecule has 3 heterocycles. The fourth-order valence-corrected chi connectivity index (χ4v) is 7.31. The van der Waals surface area contributed by atoms with Crippen LogP contribution in [0.2, 0.25) is 0 Å². The highest BCUT2D eigenvalue weighted by molar-refractivity contribution is 6.22. The molecule has 5 heteroatoms. The van der Waals surface area contributed by atoms with Gasteiger partial charge in [-0.1, -0.05) is 115 Å². The Morgan fingerprint density at radius 2 is 1.18 bits per heavy atom. The number of benzene rings is 7. The van der Waals surface area contributed by atoms with Gasteiger partial charge in [-0.15, -0.1) is 0 Å². The van der Waals surface area contributed by atoms with Crippen molar-refractivity contribution in [3.05, 3.63) is 163 Å². The molecule has 0 bridgehead atoms. The first kappa shape index (κ1) is 28.0. The van der Waals surface area contributed by atoms with Crippen LogP contribution < -0.4 is 0 Å². The quantitative estimate of drug-likeness (QED) is 0.192. The third kappa shape index (κ3) is 4.26.